The van der Waals surface area contributed by atoms with Crippen molar-refractivity contribution >= 4 is 54.1 Å². The minimum absolute atomic E-state index is 0. The van der Waals surface area contributed by atoms with E-state index in [1.807, 2.05) is 6.92 Å². The Morgan fingerprint density at radius 2 is 1.67 bits per heavy atom. The molecule has 0 atom stereocenters. The van der Waals surface area contributed by atoms with Crippen molar-refractivity contribution in [1.29, 1.82) is 0 Å². The molecule has 0 amide bonds. The van der Waals surface area contributed by atoms with Crippen molar-refractivity contribution in [1.82, 2.24) is 0 Å². The molecule has 0 bridgehead atoms. The number of hydrogen-bond donors (Lipinski definition) is 3. The molecule has 0 heterocycles. The summed E-state index contributed by atoms with van der Waals surface area (Å²) >= 11 is 0. The van der Waals surface area contributed by atoms with Crippen LogP contribution in [0.25, 0.3) is 0 Å². The maximum Gasteiger partial charge on any atom is 2.00 e. The van der Waals surface area contributed by atoms with E-state index in [-0.39, 0.29) is 40.6 Å². The van der Waals surface area contributed by atoms with Crippen molar-refractivity contribution in [3.05, 3.63) is 0 Å². The normalized spacial score (nSPS) is 8.92. The standard InChI is InChI=1S/C4H8O2.Ca.H2O4S.2H/c1-2-3-4(5)6;;1-5(2,3)4;;/h2-3H2,1H3,(H,5,6);;(H2,1,2,3,4);;/q;+2;;2*-1. The van der Waals surface area contributed by atoms with Crippen LogP contribution in [0.3, 0.4) is 0 Å². The molecule has 3 N–H and O–H groups in total. The van der Waals surface area contributed by atoms with Crippen LogP contribution >= 0.6 is 0 Å². The van der Waals surface area contributed by atoms with E-state index < -0.39 is 16.4 Å². The number of aliphatic carboxylic acids is 1. The third-order valence-corrected chi connectivity index (χ3v) is 0.464. The van der Waals surface area contributed by atoms with Gasteiger partial charge >= 0.3 is 54.1 Å². The molecular formula is C4H12CaO6S. The molecule has 0 aromatic rings. The molecule has 0 aliphatic carbocycles. The van der Waals surface area contributed by atoms with Crippen LogP contribution in [-0.2, 0) is 15.2 Å². The summed E-state index contributed by atoms with van der Waals surface area (Å²) in [5.74, 6) is -0.711. The number of carboxylic acids is 1. The molecule has 0 radical (unpaired) electrons. The van der Waals surface area contributed by atoms with Gasteiger partial charge in [0.15, 0.2) is 0 Å². The summed E-state index contributed by atoms with van der Waals surface area (Å²) in [6, 6.07) is 0. The molecule has 8 heteroatoms. The van der Waals surface area contributed by atoms with E-state index in [2.05, 4.69) is 0 Å². The average Bonchev–Trinajstić information content (AvgIpc) is 1.58. The molecular weight excluding hydrogens is 216 g/mol. The minimum atomic E-state index is -4.67. The summed E-state index contributed by atoms with van der Waals surface area (Å²) in [6.45, 7) is 1.84. The fourth-order valence-electron chi connectivity index (χ4n) is 0.214. The van der Waals surface area contributed by atoms with Gasteiger partial charge in [0.1, 0.15) is 0 Å². The van der Waals surface area contributed by atoms with Crippen molar-refractivity contribution in [3.63, 3.8) is 0 Å². The molecule has 0 aromatic heterocycles. The number of hydrogen-bond acceptors (Lipinski definition) is 3. The SMILES string of the molecule is CCCC(=O)O.O=S(=O)(O)O.[Ca+2].[H-].[H-]. The van der Waals surface area contributed by atoms with Gasteiger partial charge in [0.25, 0.3) is 0 Å². The van der Waals surface area contributed by atoms with E-state index >= 15 is 0 Å². The van der Waals surface area contributed by atoms with Gasteiger partial charge in [-0.15, -0.1) is 0 Å². The van der Waals surface area contributed by atoms with Crippen molar-refractivity contribution in [2.75, 3.05) is 0 Å². The van der Waals surface area contributed by atoms with Crippen LogP contribution in [0.2, 0.25) is 0 Å². The largest absolute Gasteiger partial charge is 2.00 e. The Labute approximate surface area is 104 Å². The van der Waals surface area contributed by atoms with Gasteiger partial charge in [-0.1, -0.05) is 6.92 Å². The molecule has 6 nitrogen and oxygen atoms in total. The van der Waals surface area contributed by atoms with Gasteiger partial charge in [0.2, 0.25) is 0 Å². The first-order chi connectivity index (χ1) is 4.77. The Bertz CT molecular complexity index is 198. The predicted molar refractivity (Wildman–Crippen MR) is 44.7 cm³/mol. The molecule has 0 fully saturated rings. The van der Waals surface area contributed by atoms with Gasteiger partial charge in [-0.05, 0) is 6.42 Å². The summed E-state index contributed by atoms with van der Waals surface area (Å²) in [7, 11) is -4.67. The zero-order valence-electron chi connectivity index (χ0n) is 8.60. The van der Waals surface area contributed by atoms with E-state index in [0.29, 0.717) is 6.42 Å². The Kier molecular flexibility index (Phi) is 14.8. The molecule has 0 aromatic carbocycles. The summed E-state index contributed by atoms with van der Waals surface area (Å²) < 4.78 is 31.6. The molecule has 0 rings (SSSR count). The Morgan fingerprint density at radius 1 is 1.42 bits per heavy atom. The molecule has 0 saturated carbocycles. The van der Waals surface area contributed by atoms with E-state index in [9.17, 15) is 4.79 Å². The monoisotopic (exact) mass is 228 g/mol. The Hall–Kier alpha value is 0.600. The van der Waals surface area contributed by atoms with E-state index in [1.165, 1.54) is 0 Å². The van der Waals surface area contributed by atoms with E-state index in [1.54, 1.807) is 0 Å². The van der Waals surface area contributed by atoms with E-state index in [0.717, 1.165) is 6.42 Å². The zero-order valence-corrected chi connectivity index (χ0v) is 9.62. The van der Waals surface area contributed by atoms with Gasteiger partial charge in [0, 0.05) is 6.42 Å². The zero-order chi connectivity index (χ0) is 9.49. The predicted octanol–water partition coefficient (Wildman–Crippen LogP) is 0.0625. The first-order valence-electron chi connectivity index (χ1n) is 2.69. The minimum Gasteiger partial charge on any atom is -1.00 e. The first-order valence-corrected chi connectivity index (χ1v) is 4.08. The fourth-order valence-corrected chi connectivity index (χ4v) is 0.214. The third-order valence-electron chi connectivity index (χ3n) is 0.464. The van der Waals surface area contributed by atoms with Crippen LogP contribution in [0.4, 0.5) is 0 Å². The summed E-state index contributed by atoms with van der Waals surface area (Å²) in [6.07, 6.45) is 1.02. The van der Waals surface area contributed by atoms with Crippen LogP contribution in [0.5, 0.6) is 0 Å². The Balaban J connectivity index is -0.0000000321. The van der Waals surface area contributed by atoms with Crippen LogP contribution in [0.1, 0.15) is 22.6 Å². The second-order valence-corrected chi connectivity index (χ2v) is 2.49. The van der Waals surface area contributed by atoms with Crippen molar-refractivity contribution in [2.24, 2.45) is 0 Å². The number of carboxylic acid groups (broad SMARTS) is 1. The third kappa shape index (κ3) is 75.4. The van der Waals surface area contributed by atoms with Crippen LogP contribution in [-0.4, -0.2) is 66.3 Å². The molecule has 0 spiro atoms. The van der Waals surface area contributed by atoms with E-state index in [4.69, 9.17) is 22.6 Å². The summed E-state index contributed by atoms with van der Waals surface area (Å²) in [4.78, 5) is 9.60. The quantitative estimate of drug-likeness (QED) is 0.455. The topological polar surface area (TPSA) is 112 Å². The van der Waals surface area contributed by atoms with Gasteiger partial charge in [-0.3, -0.25) is 13.9 Å². The van der Waals surface area contributed by atoms with Gasteiger partial charge in [-0.25, -0.2) is 0 Å². The molecule has 0 unspecified atom stereocenters. The molecule has 0 aliphatic rings. The van der Waals surface area contributed by atoms with Gasteiger partial charge < -0.3 is 7.96 Å². The summed E-state index contributed by atoms with van der Waals surface area (Å²) in [5.41, 5.74) is 0. The van der Waals surface area contributed by atoms with Crippen molar-refractivity contribution < 1.29 is 30.3 Å². The Morgan fingerprint density at radius 3 is 1.67 bits per heavy atom. The van der Waals surface area contributed by atoms with Crippen LogP contribution < -0.4 is 0 Å². The first kappa shape index (κ1) is 18.4. The van der Waals surface area contributed by atoms with Crippen molar-refractivity contribution in [2.45, 2.75) is 19.8 Å². The maximum atomic E-state index is 9.60. The van der Waals surface area contributed by atoms with Gasteiger partial charge in [0.05, 0.1) is 0 Å². The molecule has 72 valence electrons. The maximum absolute atomic E-state index is 9.60. The van der Waals surface area contributed by atoms with Gasteiger partial charge in [-0.2, -0.15) is 8.42 Å². The second kappa shape index (κ2) is 9.69. The van der Waals surface area contributed by atoms with Crippen LogP contribution in [0.15, 0.2) is 0 Å². The number of rotatable bonds is 2. The summed E-state index contributed by atoms with van der Waals surface area (Å²) in [5, 5.41) is 7.91. The average molecular weight is 228 g/mol. The van der Waals surface area contributed by atoms with Crippen LogP contribution in [0, 0.1) is 0 Å². The molecule has 12 heavy (non-hydrogen) atoms. The molecule has 0 saturated heterocycles. The number of carbonyl (C=O) groups is 1. The smallest absolute Gasteiger partial charge is 1.00 e. The fraction of sp³-hybridized carbons (Fsp3) is 0.750. The van der Waals surface area contributed by atoms with Crippen molar-refractivity contribution in [3.8, 4) is 0 Å². The molecule has 0 aliphatic heterocycles. The second-order valence-electron chi connectivity index (χ2n) is 1.59.